The van der Waals surface area contributed by atoms with Gasteiger partial charge in [-0.05, 0) is 58.8 Å². The number of hydrogen-bond acceptors (Lipinski definition) is 5. The van der Waals surface area contributed by atoms with Crippen molar-refractivity contribution < 1.29 is 24.2 Å². The summed E-state index contributed by atoms with van der Waals surface area (Å²) >= 11 is 6.30. The Kier molecular flexibility index (Phi) is 6.12. The summed E-state index contributed by atoms with van der Waals surface area (Å²) in [5, 5.41) is 13.5. The lowest BCUT2D eigenvalue weighted by Gasteiger charge is -2.26. The molecule has 0 aromatic heterocycles. The number of rotatable bonds is 5. The topological polar surface area (TPSA) is 76.1 Å². The number of carbonyl (C=O) groups excluding carboxylic acids is 2. The molecule has 0 aliphatic carbocycles. The third kappa shape index (κ3) is 3.85. The van der Waals surface area contributed by atoms with E-state index in [0.717, 1.165) is 10.8 Å². The highest BCUT2D eigenvalue weighted by molar-refractivity contribution is 6.52. The normalized spacial score (nSPS) is 17.0. The molecule has 1 fully saturated rings. The molecular weight excluding hydrogens is 478 g/mol. The van der Waals surface area contributed by atoms with E-state index in [1.807, 2.05) is 42.5 Å². The molecule has 1 amide bonds. The molecule has 1 atom stereocenters. The number of aliphatic hydroxyl groups excluding tert-OH is 1. The lowest BCUT2D eigenvalue weighted by atomic mass is 9.91. The number of benzene rings is 4. The molecule has 180 valence electrons. The first-order valence-electron chi connectivity index (χ1n) is 11.2. The highest BCUT2D eigenvalue weighted by atomic mass is 35.5. The lowest BCUT2D eigenvalue weighted by molar-refractivity contribution is -0.132. The van der Waals surface area contributed by atoms with E-state index in [1.165, 1.54) is 18.1 Å². The maximum atomic E-state index is 13.5. The van der Waals surface area contributed by atoms with Crippen LogP contribution < -0.4 is 14.4 Å². The molecular formula is C29H22ClNO5. The number of fused-ring (bicyclic) bond motifs is 1. The predicted molar refractivity (Wildman–Crippen MR) is 140 cm³/mol. The lowest BCUT2D eigenvalue weighted by Crippen LogP contribution is -2.29. The number of anilines is 1. The van der Waals surface area contributed by atoms with E-state index in [2.05, 4.69) is 0 Å². The van der Waals surface area contributed by atoms with E-state index in [0.29, 0.717) is 28.3 Å². The van der Waals surface area contributed by atoms with Gasteiger partial charge in [-0.25, -0.2) is 0 Å². The predicted octanol–water partition coefficient (Wildman–Crippen LogP) is 6.14. The van der Waals surface area contributed by atoms with Gasteiger partial charge in [0.1, 0.15) is 17.3 Å². The summed E-state index contributed by atoms with van der Waals surface area (Å²) in [5.41, 5.74) is 1.50. The van der Waals surface area contributed by atoms with E-state index in [4.69, 9.17) is 21.1 Å². The van der Waals surface area contributed by atoms with Crippen LogP contribution in [0.25, 0.3) is 16.5 Å². The number of Topliss-reactive ketones (excluding diaryl/α,β-unsaturated/α-hetero) is 1. The standard InChI is InChI=1S/C29H22ClNO5/c1-35-20-13-11-19(12-14-20)31-26(22-9-5-7-17-6-3-4-8-21(17)22)25(28(33)29(31)34)27(32)18-10-15-24(36-2)23(30)16-18/h3-16,26,32H,1-2H3/b27-25-. The van der Waals surface area contributed by atoms with E-state index < -0.39 is 17.7 Å². The number of halogens is 1. The number of ketones is 1. The second kappa shape index (κ2) is 9.40. The minimum atomic E-state index is -0.870. The highest BCUT2D eigenvalue weighted by Gasteiger charge is 2.47. The van der Waals surface area contributed by atoms with Gasteiger partial charge in [-0.3, -0.25) is 14.5 Å². The first-order valence-corrected chi connectivity index (χ1v) is 11.6. The van der Waals surface area contributed by atoms with Crippen molar-refractivity contribution in [2.24, 2.45) is 0 Å². The Morgan fingerprint density at radius 1 is 0.889 bits per heavy atom. The zero-order chi connectivity index (χ0) is 25.4. The van der Waals surface area contributed by atoms with Gasteiger partial charge in [-0.1, -0.05) is 54.1 Å². The summed E-state index contributed by atoms with van der Waals surface area (Å²) in [7, 11) is 3.04. The van der Waals surface area contributed by atoms with E-state index in [-0.39, 0.29) is 16.4 Å². The van der Waals surface area contributed by atoms with Gasteiger partial charge in [0.25, 0.3) is 11.7 Å². The molecule has 7 heteroatoms. The summed E-state index contributed by atoms with van der Waals surface area (Å²) < 4.78 is 10.5. The van der Waals surface area contributed by atoms with Gasteiger partial charge < -0.3 is 14.6 Å². The number of amides is 1. The number of ether oxygens (including phenoxy) is 2. The van der Waals surface area contributed by atoms with Crippen molar-refractivity contribution >= 4 is 45.5 Å². The largest absolute Gasteiger partial charge is 0.507 e. The van der Waals surface area contributed by atoms with E-state index >= 15 is 0 Å². The Labute approximate surface area is 212 Å². The molecule has 1 heterocycles. The van der Waals surface area contributed by atoms with Crippen molar-refractivity contribution in [1.82, 2.24) is 0 Å². The molecule has 36 heavy (non-hydrogen) atoms. The van der Waals surface area contributed by atoms with Gasteiger partial charge in [0, 0.05) is 11.3 Å². The van der Waals surface area contributed by atoms with Gasteiger partial charge in [0.15, 0.2) is 0 Å². The first-order chi connectivity index (χ1) is 17.4. The molecule has 0 bridgehead atoms. The Morgan fingerprint density at radius 2 is 1.61 bits per heavy atom. The molecule has 0 saturated carbocycles. The second-order valence-electron chi connectivity index (χ2n) is 8.28. The van der Waals surface area contributed by atoms with Crippen LogP contribution in [0, 0.1) is 0 Å². The molecule has 0 spiro atoms. The van der Waals surface area contributed by atoms with Crippen LogP contribution in [0.4, 0.5) is 5.69 Å². The van der Waals surface area contributed by atoms with Crippen molar-refractivity contribution in [1.29, 1.82) is 0 Å². The molecule has 1 unspecified atom stereocenters. The zero-order valence-electron chi connectivity index (χ0n) is 19.6. The van der Waals surface area contributed by atoms with Gasteiger partial charge in [0.2, 0.25) is 0 Å². The van der Waals surface area contributed by atoms with Crippen LogP contribution in [0.5, 0.6) is 11.5 Å². The van der Waals surface area contributed by atoms with Crippen molar-refractivity contribution in [3.8, 4) is 11.5 Å². The highest BCUT2D eigenvalue weighted by Crippen LogP contribution is 2.44. The summed E-state index contributed by atoms with van der Waals surface area (Å²) in [5.74, 6) is -0.790. The molecule has 1 aliphatic heterocycles. The smallest absolute Gasteiger partial charge is 0.300 e. The Bertz CT molecular complexity index is 1520. The van der Waals surface area contributed by atoms with Gasteiger partial charge in [-0.15, -0.1) is 0 Å². The van der Waals surface area contributed by atoms with Crippen molar-refractivity contribution in [2.75, 3.05) is 19.1 Å². The fraction of sp³-hybridized carbons (Fsp3) is 0.103. The Morgan fingerprint density at radius 3 is 2.31 bits per heavy atom. The third-order valence-electron chi connectivity index (χ3n) is 6.34. The van der Waals surface area contributed by atoms with Crippen LogP contribution in [0.3, 0.4) is 0 Å². The van der Waals surface area contributed by atoms with Crippen LogP contribution in [0.1, 0.15) is 17.2 Å². The van der Waals surface area contributed by atoms with E-state index in [1.54, 1.807) is 43.5 Å². The summed E-state index contributed by atoms with van der Waals surface area (Å²) in [6.07, 6.45) is 0. The minimum Gasteiger partial charge on any atom is -0.507 e. The fourth-order valence-corrected chi connectivity index (χ4v) is 4.85. The number of carbonyl (C=O) groups is 2. The van der Waals surface area contributed by atoms with Crippen LogP contribution in [-0.4, -0.2) is 31.0 Å². The molecule has 4 aromatic rings. The molecule has 1 aliphatic rings. The monoisotopic (exact) mass is 499 g/mol. The molecule has 1 saturated heterocycles. The first kappa shape index (κ1) is 23.5. The molecule has 6 nitrogen and oxygen atoms in total. The SMILES string of the molecule is COc1ccc(N2C(=O)C(=O)/C(=C(\O)c3ccc(OC)c(Cl)c3)C2c2cccc3ccccc23)cc1. The second-order valence-corrected chi connectivity index (χ2v) is 8.69. The zero-order valence-corrected chi connectivity index (χ0v) is 20.3. The summed E-state index contributed by atoms with van der Waals surface area (Å²) in [6.45, 7) is 0. The quantitative estimate of drug-likeness (QED) is 0.203. The van der Waals surface area contributed by atoms with Crippen LogP contribution in [0.2, 0.25) is 5.02 Å². The molecule has 1 N–H and O–H groups in total. The van der Waals surface area contributed by atoms with Crippen LogP contribution in [0.15, 0.2) is 90.5 Å². The minimum absolute atomic E-state index is 0.0200. The summed E-state index contributed by atoms with van der Waals surface area (Å²) in [4.78, 5) is 28.3. The molecule has 5 rings (SSSR count). The van der Waals surface area contributed by atoms with Crippen molar-refractivity contribution in [3.63, 3.8) is 0 Å². The summed E-state index contributed by atoms with van der Waals surface area (Å²) in [6, 6.07) is 24.1. The number of methoxy groups -OCH3 is 2. The Balaban J connectivity index is 1.77. The maximum Gasteiger partial charge on any atom is 0.300 e. The van der Waals surface area contributed by atoms with Gasteiger partial charge >= 0.3 is 0 Å². The Hall–Kier alpha value is -4.29. The third-order valence-corrected chi connectivity index (χ3v) is 6.63. The van der Waals surface area contributed by atoms with Crippen molar-refractivity contribution in [3.05, 3.63) is 107 Å². The van der Waals surface area contributed by atoms with E-state index in [9.17, 15) is 14.7 Å². The maximum absolute atomic E-state index is 13.5. The fourth-order valence-electron chi connectivity index (χ4n) is 4.59. The number of aliphatic hydroxyl groups is 1. The van der Waals surface area contributed by atoms with Crippen LogP contribution in [-0.2, 0) is 9.59 Å². The van der Waals surface area contributed by atoms with Crippen LogP contribution >= 0.6 is 11.6 Å². The molecule has 0 radical (unpaired) electrons. The number of hydrogen-bond donors (Lipinski definition) is 1. The van der Waals surface area contributed by atoms with Crippen molar-refractivity contribution in [2.45, 2.75) is 6.04 Å². The average molecular weight is 500 g/mol. The van der Waals surface area contributed by atoms with Gasteiger partial charge in [-0.2, -0.15) is 0 Å². The van der Waals surface area contributed by atoms with Gasteiger partial charge in [0.05, 0.1) is 30.9 Å². The average Bonchev–Trinajstić information content (AvgIpc) is 3.17. The number of nitrogens with zero attached hydrogens (tertiary/aromatic N) is 1. The molecule has 4 aromatic carbocycles.